The summed E-state index contributed by atoms with van der Waals surface area (Å²) in [5.41, 5.74) is 0.394. The predicted octanol–water partition coefficient (Wildman–Crippen LogP) is 3.15. The van der Waals surface area contributed by atoms with E-state index in [1.807, 2.05) is 6.07 Å². The van der Waals surface area contributed by atoms with Crippen molar-refractivity contribution >= 4 is 32.8 Å². The number of aromatic amines is 1. The highest BCUT2D eigenvalue weighted by Gasteiger charge is 2.20. The molecule has 0 unspecified atom stereocenters. The van der Waals surface area contributed by atoms with Crippen molar-refractivity contribution in [2.75, 3.05) is 11.0 Å². The summed E-state index contributed by atoms with van der Waals surface area (Å²) in [7, 11) is -2.14. The van der Waals surface area contributed by atoms with E-state index in [-0.39, 0.29) is 28.2 Å². The Morgan fingerprint density at radius 1 is 1.15 bits per heavy atom. The molecule has 0 aliphatic heterocycles. The average molecular weight is 470 g/mol. The maximum Gasteiger partial charge on any atom is 0.512 e. The summed E-state index contributed by atoms with van der Waals surface area (Å²) in [5.74, 6) is 0.682. The van der Waals surface area contributed by atoms with Crippen LogP contribution in [0.2, 0.25) is 0 Å². The second-order valence-electron chi connectivity index (χ2n) is 7.07. The number of carbonyl (C=O) groups is 1. The standard InChI is InChI=1S/C21H18N4O7S/c1-25-20(26)19-15(11-17(22-19)32-21(27)28)18(23-25)14-10-12(24-33(2,29)30)8-9-16(14)31-13-6-4-3-5-7-13/h3-11,22,24H,1-2H3,(H,27,28). The number of hydrogen-bond donors (Lipinski definition) is 3. The number of anilines is 1. The Kier molecular flexibility index (Phi) is 5.52. The summed E-state index contributed by atoms with van der Waals surface area (Å²) in [6, 6.07) is 14.8. The van der Waals surface area contributed by atoms with Crippen LogP contribution in [0.5, 0.6) is 17.4 Å². The fourth-order valence-corrected chi connectivity index (χ4v) is 3.80. The van der Waals surface area contributed by atoms with Gasteiger partial charge in [0.25, 0.3) is 5.56 Å². The maximum absolute atomic E-state index is 12.6. The second-order valence-corrected chi connectivity index (χ2v) is 8.82. The van der Waals surface area contributed by atoms with Gasteiger partial charge in [-0.25, -0.2) is 17.9 Å². The van der Waals surface area contributed by atoms with Gasteiger partial charge in [0, 0.05) is 29.8 Å². The molecule has 2 aromatic carbocycles. The molecule has 11 nitrogen and oxygen atoms in total. The molecule has 0 radical (unpaired) electrons. The maximum atomic E-state index is 12.6. The van der Waals surface area contributed by atoms with Crippen molar-refractivity contribution in [3.05, 3.63) is 65.0 Å². The molecule has 0 saturated carbocycles. The SMILES string of the molecule is Cn1nc(-c2cc(NS(C)(=O)=O)ccc2Oc2ccccc2)c2cc(OC(=O)O)[nH]c2c1=O. The molecule has 0 amide bonds. The van der Waals surface area contributed by atoms with E-state index in [4.69, 9.17) is 9.84 Å². The third kappa shape index (κ3) is 4.80. The molecule has 33 heavy (non-hydrogen) atoms. The molecule has 0 fully saturated rings. The van der Waals surface area contributed by atoms with Gasteiger partial charge in [-0.2, -0.15) is 5.10 Å². The summed E-state index contributed by atoms with van der Waals surface area (Å²) in [6.07, 6.45) is -0.536. The molecular weight excluding hydrogens is 452 g/mol. The number of para-hydroxylation sites is 1. The molecule has 2 heterocycles. The molecule has 12 heteroatoms. The van der Waals surface area contributed by atoms with E-state index in [0.29, 0.717) is 17.1 Å². The number of rotatable bonds is 6. The third-order valence-electron chi connectivity index (χ3n) is 4.51. The van der Waals surface area contributed by atoms with Gasteiger partial charge in [-0.05, 0) is 30.3 Å². The van der Waals surface area contributed by atoms with Crippen molar-refractivity contribution in [1.82, 2.24) is 14.8 Å². The number of ether oxygens (including phenoxy) is 2. The minimum absolute atomic E-state index is 0.0610. The van der Waals surface area contributed by atoms with E-state index in [0.717, 1.165) is 10.9 Å². The van der Waals surface area contributed by atoms with Gasteiger partial charge in [0.15, 0.2) is 0 Å². The molecule has 0 saturated heterocycles. The number of aromatic nitrogens is 3. The van der Waals surface area contributed by atoms with Crippen LogP contribution in [0.1, 0.15) is 0 Å². The lowest BCUT2D eigenvalue weighted by molar-refractivity contribution is 0.143. The molecule has 0 aliphatic rings. The van der Waals surface area contributed by atoms with E-state index in [1.54, 1.807) is 30.3 Å². The molecule has 2 aromatic heterocycles. The lowest BCUT2D eigenvalue weighted by atomic mass is 10.1. The van der Waals surface area contributed by atoms with Crippen LogP contribution in [0, 0.1) is 0 Å². The molecule has 0 atom stereocenters. The van der Waals surface area contributed by atoms with Crippen molar-refractivity contribution < 1.29 is 27.8 Å². The van der Waals surface area contributed by atoms with Crippen LogP contribution < -0.4 is 19.8 Å². The normalized spacial score (nSPS) is 11.3. The van der Waals surface area contributed by atoms with Crippen LogP contribution in [0.3, 0.4) is 0 Å². The zero-order chi connectivity index (χ0) is 23.8. The van der Waals surface area contributed by atoms with Crippen molar-refractivity contribution in [2.45, 2.75) is 0 Å². The van der Waals surface area contributed by atoms with Crippen molar-refractivity contribution in [3.63, 3.8) is 0 Å². The first kappa shape index (κ1) is 21.9. The number of benzene rings is 2. The van der Waals surface area contributed by atoms with Gasteiger partial charge in [-0.3, -0.25) is 9.52 Å². The van der Waals surface area contributed by atoms with Crippen LogP contribution in [-0.4, -0.2) is 40.7 Å². The fraction of sp³-hybridized carbons (Fsp3) is 0.0952. The smallest absolute Gasteiger partial charge is 0.457 e. The van der Waals surface area contributed by atoms with Crippen LogP contribution in [-0.2, 0) is 17.1 Å². The molecule has 4 rings (SSSR count). The largest absolute Gasteiger partial charge is 0.512 e. The summed E-state index contributed by atoms with van der Waals surface area (Å²) in [4.78, 5) is 26.2. The zero-order valence-corrected chi connectivity index (χ0v) is 18.2. The number of hydrogen-bond acceptors (Lipinski definition) is 7. The minimum atomic E-state index is -3.57. The van der Waals surface area contributed by atoms with Gasteiger partial charge in [-0.15, -0.1) is 0 Å². The first-order valence-electron chi connectivity index (χ1n) is 9.46. The highest BCUT2D eigenvalue weighted by atomic mass is 32.2. The highest BCUT2D eigenvalue weighted by Crippen LogP contribution is 2.38. The van der Waals surface area contributed by atoms with E-state index in [9.17, 15) is 18.0 Å². The molecule has 0 spiro atoms. The van der Waals surface area contributed by atoms with Crippen LogP contribution in [0.15, 0.2) is 59.4 Å². The number of sulfonamides is 1. The third-order valence-corrected chi connectivity index (χ3v) is 5.12. The first-order chi connectivity index (χ1) is 15.6. The number of H-pyrrole nitrogens is 1. The molecule has 3 N–H and O–H groups in total. The number of fused-ring (bicyclic) bond motifs is 1. The van der Waals surface area contributed by atoms with Gasteiger partial charge in [0.05, 0.1) is 6.26 Å². The number of aryl methyl sites for hydroxylation is 1. The van der Waals surface area contributed by atoms with Crippen LogP contribution in [0.25, 0.3) is 22.2 Å². The van der Waals surface area contributed by atoms with Gasteiger partial charge in [0.2, 0.25) is 15.9 Å². The highest BCUT2D eigenvalue weighted by molar-refractivity contribution is 7.92. The number of nitrogens with one attached hydrogen (secondary N) is 2. The van der Waals surface area contributed by atoms with Crippen LogP contribution in [0.4, 0.5) is 10.5 Å². The lowest BCUT2D eigenvalue weighted by Gasteiger charge is -2.14. The molecule has 170 valence electrons. The quantitative estimate of drug-likeness (QED) is 0.363. The number of carboxylic acid groups (broad SMARTS) is 1. The van der Waals surface area contributed by atoms with Crippen molar-refractivity contribution in [1.29, 1.82) is 0 Å². The Balaban J connectivity index is 1.96. The molecule has 0 bridgehead atoms. The van der Waals surface area contributed by atoms with Gasteiger partial charge in [0.1, 0.15) is 22.7 Å². The van der Waals surface area contributed by atoms with E-state index >= 15 is 0 Å². The molecular formula is C21H18N4O7S. The van der Waals surface area contributed by atoms with E-state index in [2.05, 4.69) is 19.5 Å². The summed E-state index contributed by atoms with van der Waals surface area (Å²) in [5, 5.41) is 13.5. The Bertz CT molecular complexity index is 1530. The lowest BCUT2D eigenvalue weighted by Crippen LogP contribution is -2.20. The first-order valence-corrected chi connectivity index (χ1v) is 11.4. The Morgan fingerprint density at radius 3 is 2.55 bits per heavy atom. The van der Waals surface area contributed by atoms with Crippen molar-refractivity contribution in [3.8, 4) is 28.6 Å². The Hall–Kier alpha value is -4.32. The number of nitrogens with zero attached hydrogens (tertiary/aromatic N) is 2. The zero-order valence-electron chi connectivity index (χ0n) is 17.4. The molecule has 0 aliphatic carbocycles. The summed E-state index contributed by atoms with van der Waals surface area (Å²) in [6.45, 7) is 0. The van der Waals surface area contributed by atoms with Gasteiger partial charge < -0.3 is 19.6 Å². The summed E-state index contributed by atoms with van der Waals surface area (Å²) < 4.78 is 37.7. The minimum Gasteiger partial charge on any atom is -0.457 e. The monoisotopic (exact) mass is 470 g/mol. The Labute approximate surface area is 187 Å². The average Bonchev–Trinajstić information content (AvgIpc) is 3.15. The Morgan fingerprint density at radius 2 is 1.88 bits per heavy atom. The van der Waals surface area contributed by atoms with E-state index < -0.39 is 21.7 Å². The van der Waals surface area contributed by atoms with Crippen LogP contribution >= 0.6 is 0 Å². The van der Waals surface area contributed by atoms with Gasteiger partial charge >= 0.3 is 6.16 Å². The van der Waals surface area contributed by atoms with E-state index in [1.165, 1.54) is 25.2 Å². The summed E-state index contributed by atoms with van der Waals surface area (Å²) >= 11 is 0. The van der Waals surface area contributed by atoms with Crippen molar-refractivity contribution in [2.24, 2.45) is 7.05 Å². The second kappa shape index (κ2) is 8.31. The molecule has 4 aromatic rings. The topological polar surface area (TPSA) is 153 Å². The van der Waals surface area contributed by atoms with Gasteiger partial charge in [-0.1, -0.05) is 18.2 Å². The predicted molar refractivity (Wildman–Crippen MR) is 120 cm³/mol. The fourth-order valence-electron chi connectivity index (χ4n) is 3.24.